The van der Waals surface area contributed by atoms with Crippen LogP contribution in [0, 0.1) is 0 Å². The maximum atomic E-state index is 2.64. The molecule has 4 heteroatoms. The maximum Gasteiger partial charge on any atom is 0.519 e. The van der Waals surface area contributed by atoms with Gasteiger partial charge in [-0.05, 0) is 58.4 Å². The summed E-state index contributed by atoms with van der Waals surface area (Å²) in [4.78, 5) is 7.82. The zero-order chi connectivity index (χ0) is 24.7. The second-order valence-electron chi connectivity index (χ2n) is 11.0. The molecular weight excluding hydrogens is 437 g/mol. The van der Waals surface area contributed by atoms with Gasteiger partial charge in [0.1, 0.15) is 0 Å². The molecule has 3 nitrogen and oxygen atoms in total. The van der Waals surface area contributed by atoms with Gasteiger partial charge in [-0.3, -0.25) is 0 Å². The van der Waals surface area contributed by atoms with Crippen molar-refractivity contribution in [3.8, 4) is 0 Å². The van der Waals surface area contributed by atoms with Crippen molar-refractivity contribution in [3.05, 3.63) is 107 Å². The van der Waals surface area contributed by atoms with Crippen LogP contribution in [0.4, 0.5) is 34.1 Å². The van der Waals surface area contributed by atoms with Gasteiger partial charge in [0.05, 0.1) is 22.7 Å². The Morgan fingerprint density at radius 1 is 0.528 bits per heavy atom. The first kappa shape index (κ1) is 21.6. The number of rotatable bonds is 3. The van der Waals surface area contributed by atoms with E-state index in [0.29, 0.717) is 17.8 Å². The molecule has 0 saturated heterocycles. The average Bonchev–Trinajstić information content (AvgIpc) is 3.40. The quantitative estimate of drug-likeness (QED) is 0.278. The van der Waals surface area contributed by atoms with Crippen LogP contribution in [-0.2, 0) is 0 Å². The third-order valence-corrected chi connectivity index (χ3v) is 8.35. The van der Waals surface area contributed by atoms with E-state index in [2.05, 4.69) is 134 Å². The van der Waals surface area contributed by atoms with E-state index in [9.17, 15) is 0 Å². The van der Waals surface area contributed by atoms with E-state index in [4.69, 9.17) is 0 Å². The van der Waals surface area contributed by atoms with Crippen LogP contribution >= 0.6 is 0 Å². The van der Waals surface area contributed by atoms with Crippen molar-refractivity contribution in [2.45, 2.75) is 52.4 Å². The van der Waals surface area contributed by atoms with Gasteiger partial charge in [0, 0.05) is 17.3 Å². The third-order valence-electron chi connectivity index (χ3n) is 8.35. The standard InChI is InChI=1S/C32H32BN3/c1-20(2)23-13-10-14-24(21(3)4)31(23)36-29-18-9-8-17-28(29)34-30-19-11-15-26-22(5)25-12-6-7-16-27(25)35(32(26)30)33(34)36/h6-22H,1-5H3/t22-/m1/s1. The molecule has 0 aliphatic carbocycles. The lowest BCUT2D eigenvalue weighted by atomic mass is 9.78. The maximum absolute atomic E-state index is 2.64. The summed E-state index contributed by atoms with van der Waals surface area (Å²) < 4.78 is 0. The Bertz CT molecular complexity index is 1480. The van der Waals surface area contributed by atoms with Crippen molar-refractivity contribution < 1.29 is 0 Å². The van der Waals surface area contributed by atoms with Crippen LogP contribution in [0.3, 0.4) is 0 Å². The van der Waals surface area contributed by atoms with Crippen LogP contribution in [0.15, 0.2) is 84.9 Å². The Kier molecular flexibility index (Phi) is 4.60. The molecule has 1 atom stereocenters. The highest BCUT2D eigenvalue weighted by molar-refractivity contribution is 6.80. The first-order valence-electron chi connectivity index (χ1n) is 13.3. The van der Waals surface area contributed by atoms with Crippen LogP contribution in [0.25, 0.3) is 0 Å². The average molecular weight is 469 g/mol. The van der Waals surface area contributed by atoms with Gasteiger partial charge in [-0.15, -0.1) is 0 Å². The molecule has 7 rings (SSSR count). The molecule has 0 amide bonds. The Morgan fingerprint density at radius 2 is 1.03 bits per heavy atom. The number of para-hydroxylation sites is 5. The van der Waals surface area contributed by atoms with Gasteiger partial charge in [0.25, 0.3) is 0 Å². The number of nitrogens with zero attached hydrogens (tertiary/aromatic N) is 3. The van der Waals surface area contributed by atoms with E-state index in [1.807, 2.05) is 0 Å². The van der Waals surface area contributed by atoms with E-state index in [1.165, 1.54) is 56.4 Å². The molecule has 0 unspecified atom stereocenters. The first-order chi connectivity index (χ1) is 17.5. The number of hydrogen-bond acceptors (Lipinski definition) is 3. The fraction of sp³-hybridized carbons (Fsp3) is 0.250. The van der Waals surface area contributed by atoms with Crippen molar-refractivity contribution in [2.24, 2.45) is 0 Å². The number of anilines is 6. The second-order valence-corrected chi connectivity index (χ2v) is 11.0. The summed E-state index contributed by atoms with van der Waals surface area (Å²) >= 11 is 0. The minimum atomic E-state index is 0.0181. The van der Waals surface area contributed by atoms with Crippen molar-refractivity contribution in [1.82, 2.24) is 0 Å². The van der Waals surface area contributed by atoms with E-state index in [1.54, 1.807) is 0 Å². The van der Waals surface area contributed by atoms with Crippen molar-refractivity contribution in [1.29, 1.82) is 0 Å². The summed E-state index contributed by atoms with van der Waals surface area (Å²) in [6.45, 7) is 11.6. The van der Waals surface area contributed by atoms with Gasteiger partial charge < -0.3 is 14.4 Å². The van der Waals surface area contributed by atoms with Crippen molar-refractivity contribution >= 4 is 41.2 Å². The normalized spacial score (nSPS) is 17.0. The summed E-state index contributed by atoms with van der Waals surface area (Å²) in [6.07, 6.45) is 0. The van der Waals surface area contributed by atoms with Crippen LogP contribution in [0.1, 0.15) is 74.6 Å². The number of hydrogen-bond donors (Lipinski definition) is 0. The summed E-state index contributed by atoms with van der Waals surface area (Å²) in [5.41, 5.74) is 13.6. The second kappa shape index (κ2) is 7.67. The van der Waals surface area contributed by atoms with Gasteiger partial charge in [-0.25, -0.2) is 0 Å². The Balaban J connectivity index is 1.57. The molecule has 36 heavy (non-hydrogen) atoms. The topological polar surface area (TPSA) is 9.72 Å². The zero-order valence-electron chi connectivity index (χ0n) is 21.7. The molecule has 0 aromatic heterocycles. The van der Waals surface area contributed by atoms with Crippen molar-refractivity contribution in [3.63, 3.8) is 0 Å². The van der Waals surface area contributed by atoms with Gasteiger partial charge in [-0.2, -0.15) is 0 Å². The summed E-state index contributed by atoms with van der Waals surface area (Å²) in [5, 5.41) is 0. The van der Waals surface area contributed by atoms with Crippen LogP contribution < -0.4 is 14.4 Å². The lowest BCUT2D eigenvalue weighted by Gasteiger charge is -2.39. The number of fused-ring (bicyclic) bond motifs is 7. The highest BCUT2D eigenvalue weighted by Crippen LogP contribution is 2.61. The molecule has 0 spiro atoms. The first-order valence-corrected chi connectivity index (χ1v) is 13.3. The molecular formula is C32H32BN3. The lowest BCUT2D eigenvalue weighted by Crippen LogP contribution is -2.53. The molecule has 3 aliphatic rings. The number of benzene rings is 4. The van der Waals surface area contributed by atoms with Gasteiger partial charge in [-0.1, -0.05) is 95.3 Å². The Labute approximate surface area is 215 Å². The molecule has 0 N–H and O–H groups in total. The summed E-state index contributed by atoms with van der Waals surface area (Å²) in [6, 6.07) is 31.7. The fourth-order valence-corrected chi connectivity index (χ4v) is 6.70. The van der Waals surface area contributed by atoms with E-state index in [-0.39, 0.29) is 7.12 Å². The van der Waals surface area contributed by atoms with Gasteiger partial charge in [0.2, 0.25) is 0 Å². The predicted octanol–water partition coefficient (Wildman–Crippen LogP) is 8.83. The largest absolute Gasteiger partial charge is 0.519 e. The fourth-order valence-electron chi connectivity index (χ4n) is 6.70. The summed E-state index contributed by atoms with van der Waals surface area (Å²) in [7, 11) is 0.0181. The third kappa shape index (κ3) is 2.70. The Hall–Kier alpha value is -3.66. The van der Waals surface area contributed by atoms with Crippen LogP contribution in [0.5, 0.6) is 0 Å². The molecule has 178 valence electrons. The van der Waals surface area contributed by atoms with E-state index >= 15 is 0 Å². The van der Waals surface area contributed by atoms with Crippen molar-refractivity contribution in [2.75, 3.05) is 14.4 Å². The van der Waals surface area contributed by atoms with Crippen LogP contribution in [0.2, 0.25) is 0 Å². The molecule has 4 aromatic carbocycles. The van der Waals surface area contributed by atoms with E-state index in [0.717, 1.165) is 0 Å². The smallest absolute Gasteiger partial charge is 0.343 e. The SMILES string of the molecule is CC(C)c1cccc(C(C)C)c1N1B2N(c3ccccc31)c1cccc3c1N2c1ccccc1[C@H]3C. The summed E-state index contributed by atoms with van der Waals surface area (Å²) in [5.74, 6) is 1.21. The molecule has 0 radical (unpaired) electrons. The molecule has 0 saturated carbocycles. The lowest BCUT2D eigenvalue weighted by molar-refractivity contribution is 0.833. The van der Waals surface area contributed by atoms with Crippen LogP contribution in [-0.4, -0.2) is 7.12 Å². The zero-order valence-corrected chi connectivity index (χ0v) is 21.7. The van der Waals surface area contributed by atoms with Gasteiger partial charge >= 0.3 is 7.12 Å². The minimum Gasteiger partial charge on any atom is -0.343 e. The minimum absolute atomic E-state index is 0.0181. The molecule has 3 aliphatic heterocycles. The molecule has 3 heterocycles. The highest BCUT2D eigenvalue weighted by atomic mass is 15.4. The molecule has 0 fully saturated rings. The van der Waals surface area contributed by atoms with Gasteiger partial charge in [0.15, 0.2) is 0 Å². The molecule has 0 bridgehead atoms. The Morgan fingerprint density at radius 3 is 1.69 bits per heavy atom. The van der Waals surface area contributed by atoms with E-state index < -0.39 is 0 Å². The predicted molar refractivity (Wildman–Crippen MR) is 154 cm³/mol. The molecule has 4 aromatic rings. The highest BCUT2D eigenvalue weighted by Gasteiger charge is 2.56. The monoisotopic (exact) mass is 469 g/mol.